The van der Waals surface area contributed by atoms with Gasteiger partial charge in [0.05, 0.1) is 0 Å². The number of hydrogen-bond acceptors (Lipinski definition) is 5. The van der Waals surface area contributed by atoms with Gasteiger partial charge in [0.15, 0.2) is 0 Å². The van der Waals surface area contributed by atoms with E-state index >= 15 is 0 Å². The molecule has 7 heteroatoms. The van der Waals surface area contributed by atoms with Crippen molar-refractivity contribution in [2.45, 2.75) is 19.4 Å². The average Bonchev–Trinajstić information content (AvgIpc) is 2.98. The molecule has 1 saturated heterocycles. The Bertz CT molecular complexity index is 645. The third kappa shape index (κ3) is 2.62. The zero-order chi connectivity index (χ0) is 14.1. The van der Waals surface area contributed by atoms with E-state index in [0.717, 1.165) is 17.1 Å². The molecular weight excluding hydrogens is 296 g/mol. The number of aryl methyl sites for hydroxylation is 1. The minimum absolute atomic E-state index is 0.0418. The lowest BCUT2D eigenvalue weighted by molar-refractivity contribution is -0.117. The molecule has 1 N–H and O–H groups in total. The molecule has 1 fully saturated rings. The highest BCUT2D eigenvalue weighted by molar-refractivity contribution is 7.15. The van der Waals surface area contributed by atoms with Crippen molar-refractivity contribution >= 4 is 39.7 Å². The highest BCUT2D eigenvalue weighted by atomic mass is 35.5. The van der Waals surface area contributed by atoms with Crippen molar-refractivity contribution in [3.63, 3.8) is 0 Å². The minimum Gasteiger partial charge on any atom is -0.348 e. The van der Waals surface area contributed by atoms with E-state index in [1.54, 1.807) is 17.0 Å². The third-order valence-corrected chi connectivity index (χ3v) is 4.15. The number of rotatable bonds is 3. The zero-order valence-corrected chi connectivity index (χ0v) is 12.4. The van der Waals surface area contributed by atoms with Crippen LogP contribution >= 0.6 is 22.9 Å². The van der Waals surface area contributed by atoms with Crippen LogP contribution in [0.3, 0.4) is 0 Å². The van der Waals surface area contributed by atoms with Crippen molar-refractivity contribution in [1.29, 1.82) is 0 Å². The van der Waals surface area contributed by atoms with Gasteiger partial charge < -0.3 is 10.2 Å². The topological polar surface area (TPSA) is 58.1 Å². The molecule has 0 radical (unpaired) electrons. The van der Waals surface area contributed by atoms with E-state index in [2.05, 4.69) is 15.5 Å². The monoisotopic (exact) mass is 308 g/mol. The van der Waals surface area contributed by atoms with Crippen LogP contribution < -0.4 is 10.2 Å². The second-order valence-electron chi connectivity index (χ2n) is 4.58. The fourth-order valence-electron chi connectivity index (χ4n) is 2.22. The van der Waals surface area contributed by atoms with Gasteiger partial charge in [0.2, 0.25) is 11.0 Å². The minimum atomic E-state index is -0.249. The number of amides is 1. The van der Waals surface area contributed by atoms with Crippen LogP contribution in [0.25, 0.3) is 0 Å². The number of carbonyl (C=O) groups is 1. The Hall–Kier alpha value is -1.66. The molecule has 2 heterocycles. The number of aromatic nitrogens is 2. The van der Waals surface area contributed by atoms with E-state index in [0.29, 0.717) is 16.7 Å². The molecule has 20 heavy (non-hydrogen) atoms. The summed E-state index contributed by atoms with van der Waals surface area (Å²) in [5, 5.41) is 13.3. The van der Waals surface area contributed by atoms with Crippen LogP contribution in [0.2, 0.25) is 5.02 Å². The summed E-state index contributed by atoms with van der Waals surface area (Å²) in [5.74, 6) is 0.0418. The molecule has 104 valence electrons. The Morgan fingerprint density at radius 3 is 3.00 bits per heavy atom. The smallest absolute Gasteiger partial charge is 0.249 e. The highest BCUT2D eigenvalue weighted by Crippen LogP contribution is 2.26. The number of nitrogens with zero attached hydrogens (tertiary/aromatic N) is 3. The van der Waals surface area contributed by atoms with Crippen molar-refractivity contribution in [3.05, 3.63) is 34.3 Å². The van der Waals surface area contributed by atoms with E-state index < -0.39 is 0 Å². The molecule has 1 amide bonds. The summed E-state index contributed by atoms with van der Waals surface area (Å²) < 4.78 is 0. The fourth-order valence-corrected chi connectivity index (χ4v) is 3.05. The standard InChI is InChI=1S/C13H13ClN4OS/c1-8-16-17-13(20-8)15-11-5-6-18(12(11)19)10-4-2-3-9(14)7-10/h2-4,7,11H,5-6H2,1H3,(H,15,17). The molecule has 0 spiro atoms. The van der Waals surface area contributed by atoms with Crippen LogP contribution in [0.15, 0.2) is 24.3 Å². The molecule has 1 aromatic carbocycles. The third-order valence-electron chi connectivity index (χ3n) is 3.15. The molecule has 5 nitrogen and oxygen atoms in total. The molecular formula is C13H13ClN4OS. The van der Waals surface area contributed by atoms with Gasteiger partial charge >= 0.3 is 0 Å². The summed E-state index contributed by atoms with van der Waals surface area (Å²) in [7, 11) is 0. The average molecular weight is 309 g/mol. The van der Waals surface area contributed by atoms with E-state index in [4.69, 9.17) is 11.6 Å². The van der Waals surface area contributed by atoms with Gasteiger partial charge in [0.25, 0.3) is 0 Å². The highest BCUT2D eigenvalue weighted by Gasteiger charge is 2.33. The van der Waals surface area contributed by atoms with Gasteiger partial charge in [0, 0.05) is 17.3 Å². The molecule has 1 aliphatic rings. The first-order valence-corrected chi connectivity index (χ1v) is 7.46. The van der Waals surface area contributed by atoms with Crippen LogP contribution in [0, 0.1) is 6.92 Å². The van der Waals surface area contributed by atoms with E-state index in [-0.39, 0.29) is 11.9 Å². The number of halogens is 1. The normalized spacial score (nSPS) is 18.6. The Balaban J connectivity index is 1.74. The molecule has 0 aliphatic carbocycles. The molecule has 0 bridgehead atoms. The van der Waals surface area contributed by atoms with Crippen LogP contribution in [0.1, 0.15) is 11.4 Å². The molecule has 2 aromatic rings. The largest absolute Gasteiger partial charge is 0.348 e. The van der Waals surface area contributed by atoms with Gasteiger partial charge in [-0.15, -0.1) is 10.2 Å². The summed E-state index contributed by atoms with van der Waals surface area (Å²) in [6, 6.07) is 7.09. The molecule has 1 aliphatic heterocycles. The van der Waals surface area contributed by atoms with Gasteiger partial charge in [-0.05, 0) is 31.5 Å². The maximum atomic E-state index is 12.4. The Morgan fingerprint density at radius 2 is 2.30 bits per heavy atom. The molecule has 0 saturated carbocycles. The van der Waals surface area contributed by atoms with Gasteiger partial charge in [0.1, 0.15) is 11.0 Å². The molecule has 3 rings (SSSR count). The quantitative estimate of drug-likeness (QED) is 0.947. The van der Waals surface area contributed by atoms with Crippen molar-refractivity contribution in [2.75, 3.05) is 16.8 Å². The first kappa shape index (κ1) is 13.3. The number of carbonyl (C=O) groups excluding carboxylic acids is 1. The second kappa shape index (κ2) is 5.38. The van der Waals surface area contributed by atoms with Crippen LogP contribution in [0.4, 0.5) is 10.8 Å². The SMILES string of the molecule is Cc1nnc(NC2CCN(c3cccc(Cl)c3)C2=O)s1. The van der Waals surface area contributed by atoms with Crippen molar-refractivity contribution in [1.82, 2.24) is 10.2 Å². The van der Waals surface area contributed by atoms with E-state index in [1.807, 2.05) is 19.1 Å². The summed E-state index contributed by atoms with van der Waals surface area (Å²) in [5.41, 5.74) is 0.834. The van der Waals surface area contributed by atoms with Crippen LogP contribution in [-0.4, -0.2) is 28.7 Å². The van der Waals surface area contributed by atoms with E-state index in [9.17, 15) is 4.79 Å². The predicted molar refractivity (Wildman–Crippen MR) is 80.5 cm³/mol. The Kier molecular flexibility index (Phi) is 3.58. The lowest BCUT2D eigenvalue weighted by Gasteiger charge is -2.17. The Morgan fingerprint density at radius 1 is 1.45 bits per heavy atom. The van der Waals surface area contributed by atoms with Gasteiger partial charge in [-0.3, -0.25) is 4.79 Å². The van der Waals surface area contributed by atoms with Crippen molar-refractivity contribution in [3.8, 4) is 0 Å². The number of anilines is 2. The number of benzene rings is 1. The van der Waals surface area contributed by atoms with Crippen molar-refractivity contribution in [2.24, 2.45) is 0 Å². The summed E-state index contributed by atoms with van der Waals surface area (Å²) in [6.45, 7) is 2.56. The summed E-state index contributed by atoms with van der Waals surface area (Å²) in [6.07, 6.45) is 0.740. The maximum Gasteiger partial charge on any atom is 0.249 e. The molecule has 1 aromatic heterocycles. The first-order chi connectivity index (χ1) is 9.63. The second-order valence-corrected chi connectivity index (χ2v) is 6.20. The first-order valence-electron chi connectivity index (χ1n) is 6.27. The number of nitrogens with one attached hydrogen (secondary N) is 1. The van der Waals surface area contributed by atoms with E-state index in [1.165, 1.54) is 11.3 Å². The predicted octanol–water partition coefficient (Wildman–Crippen LogP) is 2.72. The summed E-state index contributed by atoms with van der Waals surface area (Å²) in [4.78, 5) is 14.2. The Labute approximate surface area is 125 Å². The lowest BCUT2D eigenvalue weighted by Crippen LogP contribution is -2.33. The summed E-state index contributed by atoms with van der Waals surface area (Å²) >= 11 is 7.42. The molecule has 1 atom stereocenters. The zero-order valence-electron chi connectivity index (χ0n) is 10.8. The van der Waals surface area contributed by atoms with Crippen molar-refractivity contribution < 1.29 is 4.79 Å². The maximum absolute atomic E-state index is 12.4. The lowest BCUT2D eigenvalue weighted by atomic mass is 10.2. The van der Waals surface area contributed by atoms with Crippen LogP contribution in [-0.2, 0) is 4.79 Å². The molecule has 1 unspecified atom stereocenters. The van der Waals surface area contributed by atoms with Gasteiger partial charge in [-0.2, -0.15) is 0 Å². The van der Waals surface area contributed by atoms with Gasteiger partial charge in [-0.1, -0.05) is 29.0 Å². The van der Waals surface area contributed by atoms with Gasteiger partial charge in [-0.25, -0.2) is 0 Å². The number of hydrogen-bond donors (Lipinski definition) is 1. The van der Waals surface area contributed by atoms with Crippen LogP contribution in [0.5, 0.6) is 0 Å². The fraction of sp³-hybridized carbons (Fsp3) is 0.308.